The van der Waals surface area contributed by atoms with E-state index in [0.29, 0.717) is 22.8 Å². The van der Waals surface area contributed by atoms with Gasteiger partial charge in [0.2, 0.25) is 0 Å². The Bertz CT molecular complexity index is 614. The zero-order chi connectivity index (χ0) is 14.5. The van der Waals surface area contributed by atoms with Gasteiger partial charge in [0.05, 0.1) is 5.69 Å². The Morgan fingerprint density at radius 3 is 2.50 bits per heavy atom. The van der Waals surface area contributed by atoms with Gasteiger partial charge in [-0.2, -0.15) is 0 Å². The lowest BCUT2D eigenvalue weighted by molar-refractivity contribution is 0.630. The Kier molecular flexibility index (Phi) is 4.93. The van der Waals surface area contributed by atoms with Crippen LogP contribution in [0.4, 0.5) is 10.1 Å². The molecule has 3 N–H and O–H groups in total. The monoisotopic (exact) mass is 308 g/mol. The first kappa shape index (κ1) is 14.8. The Morgan fingerprint density at radius 2 is 1.90 bits per heavy atom. The van der Waals surface area contributed by atoms with Crippen LogP contribution in [-0.4, -0.2) is 11.5 Å². The molecule has 0 atom stereocenters. The highest BCUT2D eigenvalue weighted by molar-refractivity contribution is 7.80. The van der Waals surface area contributed by atoms with Crippen molar-refractivity contribution in [3.05, 3.63) is 64.4 Å². The van der Waals surface area contributed by atoms with Gasteiger partial charge in [0.25, 0.3) is 0 Å². The molecular formula is C15H14ClFN2S. The second-order valence-corrected chi connectivity index (χ2v) is 5.24. The van der Waals surface area contributed by atoms with Crippen molar-refractivity contribution in [1.29, 1.82) is 0 Å². The summed E-state index contributed by atoms with van der Waals surface area (Å²) in [4.78, 5) is 0.191. The Hall–Kier alpha value is -1.65. The molecule has 0 aliphatic heterocycles. The summed E-state index contributed by atoms with van der Waals surface area (Å²) in [6.07, 6.45) is 0.785. The number of thiocarbonyl (C=S) groups is 1. The molecule has 2 nitrogen and oxygen atoms in total. The van der Waals surface area contributed by atoms with Gasteiger partial charge in [-0.05, 0) is 42.3 Å². The third kappa shape index (κ3) is 3.92. The van der Waals surface area contributed by atoms with Crippen molar-refractivity contribution in [1.82, 2.24) is 0 Å². The first-order valence-corrected chi connectivity index (χ1v) is 6.92. The van der Waals surface area contributed by atoms with Gasteiger partial charge in [-0.1, -0.05) is 36.0 Å². The van der Waals surface area contributed by atoms with Gasteiger partial charge in [-0.25, -0.2) is 4.39 Å². The Morgan fingerprint density at radius 1 is 1.20 bits per heavy atom. The molecule has 0 saturated carbocycles. The zero-order valence-corrected chi connectivity index (χ0v) is 12.3. The molecule has 20 heavy (non-hydrogen) atoms. The zero-order valence-electron chi connectivity index (χ0n) is 10.7. The van der Waals surface area contributed by atoms with Crippen LogP contribution in [0.5, 0.6) is 0 Å². The van der Waals surface area contributed by atoms with Crippen LogP contribution >= 0.6 is 23.8 Å². The van der Waals surface area contributed by atoms with Gasteiger partial charge in [0.1, 0.15) is 10.8 Å². The van der Waals surface area contributed by atoms with E-state index >= 15 is 0 Å². The number of hydrogen-bond donors (Lipinski definition) is 2. The molecule has 5 heteroatoms. The molecule has 0 heterocycles. The van der Waals surface area contributed by atoms with Crippen molar-refractivity contribution >= 4 is 34.5 Å². The molecule has 0 fully saturated rings. The van der Waals surface area contributed by atoms with Gasteiger partial charge in [-0.3, -0.25) is 0 Å². The summed E-state index contributed by atoms with van der Waals surface area (Å²) in [5.41, 5.74) is 7.57. The van der Waals surface area contributed by atoms with Gasteiger partial charge in [0, 0.05) is 17.1 Å². The highest BCUT2D eigenvalue weighted by Crippen LogP contribution is 2.16. The van der Waals surface area contributed by atoms with Crippen LogP contribution in [0.3, 0.4) is 0 Å². The molecule has 0 aliphatic carbocycles. The summed E-state index contributed by atoms with van der Waals surface area (Å²) in [6.45, 7) is 0.630. The maximum atomic E-state index is 13.8. The summed E-state index contributed by atoms with van der Waals surface area (Å²) in [5.74, 6) is -0.355. The van der Waals surface area contributed by atoms with E-state index in [0.717, 1.165) is 12.0 Å². The summed E-state index contributed by atoms with van der Waals surface area (Å²) in [7, 11) is 0. The lowest BCUT2D eigenvalue weighted by atomic mass is 10.1. The van der Waals surface area contributed by atoms with Crippen LogP contribution < -0.4 is 11.1 Å². The predicted molar refractivity (Wildman–Crippen MR) is 85.9 cm³/mol. The highest BCUT2D eigenvalue weighted by Gasteiger charge is 2.04. The fourth-order valence-corrected chi connectivity index (χ4v) is 2.06. The minimum atomic E-state index is -0.355. The second-order valence-electron chi connectivity index (χ2n) is 4.36. The number of benzene rings is 2. The number of anilines is 1. The van der Waals surface area contributed by atoms with Crippen LogP contribution in [0.2, 0.25) is 5.02 Å². The van der Waals surface area contributed by atoms with Crippen LogP contribution in [-0.2, 0) is 6.42 Å². The Balaban J connectivity index is 1.94. The van der Waals surface area contributed by atoms with Crippen LogP contribution in [0.1, 0.15) is 11.1 Å². The van der Waals surface area contributed by atoms with Gasteiger partial charge in [-0.15, -0.1) is 0 Å². The molecule has 0 amide bonds. The van der Waals surface area contributed by atoms with Gasteiger partial charge in [0.15, 0.2) is 0 Å². The first-order valence-electron chi connectivity index (χ1n) is 6.14. The molecule has 104 valence electrons. The van der Waals surface area contributed by atoms with Crippen molar-refractivity contribution < 1.29 is 4.39 Å². The maximum absolute atomic E-state index is 13.8. The number of nitrogens with one attached hydrogen (secondary N) is 1. The fraction of sp³-hybridized carbons (Fsp3) is 0.133. The quantitative estimate of drug-likeness (QED) is 0.826. The molecule has 0 aromatic heterocycles. The van der Waals surface area contributed by atoms with E-state index in [9.17, 15) is 4.39 Å². The maximum Gasteiger partial charge on any atom is 0.146 e. The third-order valence-corrected chi connectivity index (χ3v) is 3.38. The van der Waals surface area contributed by atoms with Gasteiger partial charge >= 0.3 is 0 Å². The summed E-state index contributed by atoms with van der Waals surface area (Å²) in [5, 5.41) is 3.76. The molecular weight excluding hydrogens is 295 g/mol. The van der Waals surface area contributed by atoms with E-state index < -0.39 is 0 Å². The molecule has 0 aliphatic rings. The molecule has 0 radical (unpaired) electrons. The first-order chi connectivity index (χ1) is 9.56. The summed E-state index contributed by atoms with van der Waals surface area (Å²) in [6, 6.07) is 12.3. The van der Waals surface area contributed by atoms with Crippen molar-refractivity contribution in [2.75, 3.05) is 11.9 Å². The standard InChI is InChI=1S/C15H14ClFN2S/c16-12-4-1-10(2-5-12)7-8-19-14-6-3-11(15(18)20)9-13(14)17/h1-6,9,19H,7-8H2,(H2,18,20). The van der Waals surface area contributed by atoms with Gasteiger partial charge < -0.3 is 11.1 Å². The molecule has 0 spiro atoms. The van der Waals surface area contributed by atoms with Crippen molar-refractivity contribution in [3.8, 4) is 0 Å². The molecule has 2 aromatic rings. The molecule has 0 saturated heterocycles. The van der Waals surface area contributed by atoms with Crippen LogP contribution in [0.25, 0.3) is 0 Å². The van der Waals surface area contributed by atoms with Crippen LogP contribution in [0.15, 0.2) is 42.5 Å². The molecule has 0 unspecified atom stereocenters. The number of nitrogens with two attached hydrogens (primary N) is 1. The van der Waals surface area contributed by atoms with Crippen molar-refractivity contribution in [2.24, 2.45) is 5.73 Å². The number of halogens is 2. The van der Waals surface area contributed by atoms with E-state index in [2.05, 4.69) is 5.32 Å². The minimum Gasteiger partial charge on any atom is -0.389 e. The number of hydrogen-bond acceptors (Lipinski definition) is 2. The molecule has 2 aromatic carbocycles. The van der Waals surface area contributed by atoms with E-state index in [1.54, 1.807) is 12.1 Å². The second kappa shape index (κ2) is 6.68. The smallest absolute Gasteiger partial charge is 0.146 e. The number of rotatable bonds is 5. The Labute approximate surface area is 127 Å². The van der Waals surface area contributed by atoms with Crippen molar-refractivity contribution in [2.45, 2.75) is 6.42 Å². The third-order valence-electron chi connectivity index (χ3n) is 2.90. The SMILES string of the molecule is NC(=S)c1ccc(NCCc2ccc(Cl)cc2)c(F)c1. The normalized spacial score (nSPS) is 10.3. The van der Waals surface area contributed by atoms with E-state index in [1.165, 1.54) is 6.07 Å². The fourth-order valence-electron chi connectivity index (χ4n) is 1.80. The van der Waals surface area contributed by atoms with E-state index in [1.807, 2.05) is 24.3 Å². The summed E-state index contributed by atoms with van der Waals surface area (Å²) >= 11 is 10.6. The summed E-state index contributed by atoms with van der Waals surface area (Å²) < 4.78 is 13.8. The highest BCUT2D eigenvalue weighted by atomic mass is 35.5. The minimum absolute atomic E-state index is 0.191. The van der Waals surface area contributed by atoms with E-state index in [4.69, 9.17) is 29.6 Å². The lowest BCUT2D eigenvalue weighted by Gasteiger charge is -2.09. The molecule has 2 rings (SSSR count). The van der Waals surface area contributed by atoms with E-state index in [-0.39, 0.29) is 10.8 Å². The average Bonchev–Trinajstić information content (AvgIpc) is 2.42. The van der Waals surface area contributed by atoms with Crippen molar-refractivity contribution in [3.63, 3.8) is 0 Å². The largest absolute Gasteiger partial charge is 0.389 e. The average molecular weight is 309 g/mol. The topological polar surface area (TPSA) is 38.0 Å². The van der Waals surface area contributed by atoms with Crippen LogP contribution in [0, 0.1) is 5.82 Å². The lowest BCUT2D eigenvalue weighted by Crippen LogP contribution is -2.11. The molecule has 0 bridgehead atoms. The predicted octanol–water partition coefficient (Wildman–Crippen LogP) is 3.77.